The van der Waals surface area contributed by atoms with Gasteiger partial charge in [0.25, 0.3) is 0 Å². The molecule has 4 aromatic rings. The van der Waals surface area contributed by atoms with Crippen LogP contribution in [0.15, 0.2) is 54.6 Å². The maximum absolute atomic E-state index is 14.7. The summed E-state index contributed by atoms with van der Waals surface area (Å²) in [6.45, 7) is 3.23. The lowest BCUT2D eigenvalue weighted by atomic mass is 9.92. The van der Waals surface area contributed by atoms with Gasteiger partial charge in [-0.25, -0.2) is 9.37 Å². The summed E-state index contributed by atoms with van der Waals surface area (Å²) < 4.78 is 16.4. The third kappa shape index (κ3) is 3.60. The zero-order valence-corrected chi connectivity index (χ0v) is 19.3. The molecule has 1 aliphatic rings. The van der Waals surface area contributed by atoms with Crippen LogP contribution < -0.4 is 0 Å². The van der Waals surface area contributed by atoms with Crippen molar-refractivity contribution in [2.45, 2.75) is 26.8 Å². The van der Waals surface area contributed by atoms with E-state index in [1.165, 1.54) is 19.1 Å². The fraction of sp³-hybridized carbons (Fsp3) is 0.148. The van der Waals surface area contributed by atoms with Gasteiger partial charge >= 0.3 is 0 Å². The summed E-state index contributed by atoms with van der Waals surface area (Å²) in [6, 6.07) is 9.70. The maximum Gasteiger partial charge on any atom is 0.176 e. The summed E-state index contributed by atoms with van der Waals surface area (Å²) in [7, 11) is 0. The summed E-state index contributed by atoms with van der Waals surface area (Å²) in [6.07, 6.45) is 5.50. The monoisotopic (exact) mass is 474 g/mol. The zero-order chi connectivity index (χ0) is 24.1. The van der Waals surface area contributed by atoms with E-state index >= 15 is 0 Å². The number of aromatic nitrogens is 2. The van der Waals surface area contributed by atoms with Crippen LogP contribution in [0.3, 0.4) is 0 Å². The molecule has 5 nitrogen and oxygen atoms in total. The van der Waals surface area contributed by atoms with Gasteiger partial charge in [0.05, 0.1) is 23.3 Å². The molecule has 7 heteroatoms. The van der Waals surface area contributed by atoms with Crippen molar-refractivity contribution in [1.82, 2.24) is 9.55 Å². The topological polar surface area (TPSA) is 72.2 Å². The Kier molecular flexibility index (Phi) is 5.33. The number of hydrogen-bond donors (Lipinski definition) is 1. The van der Waals surface area contributed by atoms with Crippen LogP contribution in [0, 0.1) is 12.7 Å². The van der Waals surface area contributed by atoms with Crippen molar-refractivity contribution in [3.05, 3.63) is 88.0 Å². The molecule has 1 aliphatic carbocycles. The lowest BCUT2D eigenvalue weighted by Gasteiger charge is -2.13. The lowest BCUT2D eigenvalue weighted by molar-refractivity contribution is -0.113. The van der Waals surface area contributed by atoms with Crippen molar-refractivity contribution >= 4 is 50.5 Å². The molecule has 0 saturated carbocycles. The summed E-state index contributed by atoms with van der Waals surface area (Å²) in [5, 5.41) is 11.3. The van der Waals surface area contributed by atoms with Crippen molar-refractivity contribution in [2.75, 3.05) is 0 Å². The molecule has 0 unspecified atom stereocenters. The number of phenolic OH excluding ortho intramolecular Hbond substituents is 1. The Morgan fingerprint density at radius 3 is 2.76 bits per heavy atom. The van der Waals surface area contributed by atoms with Crippen LogP contribution in [0.25, 0.3) is 27.4 Å². The number of benzene rings is 2. The van der Waals surface area contributed by atoms with E-state index in [1.54, 1.807) is 47.9 Å². The quantitative estimate of drug-likeness (QED) is 0.284. The Bertz CT molecular complexity index is 1600. The van der Waals surface area contributed by atoms with Crippen LogP contribution >= 0.6 is 11.6 Å². The molecule has 2 aromatic carbocycles. The van der Waals surface area contributed by atoms with E-state index in [0.29, 0.717) is 44.4 Å². The molecule has 5 rings (SSSR count). The Balaban J connectivity index is 1.80. The molecular formula is C27H20ClFN2O3. The van der Waals surface area contributed by atoms with Crippen LogP contribution in [-0.2, 0) is 11.3 Å². The van der Waals surface area contributed by atoms with Gasteiger partial charge in [0.2, 0.25) is 0 Å². The molecule has 0 atom stereocenters. The predicted octanol–water partition coefficient (Wildman–Crippen LogP) is 6.16. The number of phenols is 1. The highest BCUT2D eigenvalue weighted by Crippen LogP contribution is 2.37. The van der Waals surface area contributed by atoms with Crippen LogP contribution in [0.1, 0.15) is 40.5 Å². The molecule has 0 amide bonds. The molecular weight excluding hydrogens is 455 g/mol. The SMILES string of the molecule is CC(=O)c1c(C2=CC=CCC2=O)c2cc(C)c(F)cc2n1Cc1cc2ccc(O)cc2nc1Cl. The molecule has 0 aliphatic heterocycles. The minimum atomic E-state index is -0.407. The van der Waals surface area contributed by atoms with Crippen LogP contribution in [0.2, 0.25) is 5.15 Å². The molecule has 2 aromatic heterocycles. The number of pyridine rings is 1. The zero-order valence-electron chi connectivity index (χ0n) is 18.5. The van der Waals surface area contributed by atoms with E-state index in [9.17, 15) is 19.1 Å². The van der Waals surface area contributed by atoms with Crippen molar-refractivity contribution in [2.24, 2.45) is 0 Å². The lowest BCUT2D eigenvalue weighted by Crippen LogP contribution is -2.12. The summed E-state index contributed by atoms with van der Waals surface area (Å²) in [4.78, 5) is 30.1. The number of hydrogen-bond acceptors (Lipinski definition) is 4. The van der Waals surface area contributed by atoms with Gasteiger partial charge in [0.1, 0.15) is 16.7 Å². The van der Waals surface area contributed by atoms with Gasteiger partial charge < -0.3 is 9.67 Å². The molecule has 2 heterocycles. The van der Waals surface area contributed by atoms with Gasteiger partial charge in [-0.3, -0.25) is 9.59 Å². The van der Waals surface area contributed by atoms with Gasteiger partial charge in [-0.05, 0) is 42.8 Å². The van der Waals surface area contributed by atoms with E-state index in [4.69, 9.17) is 11.6 Å². The minimum absolute atomic E-state index is 0.0778. The average molecular weight is 475 g/mol. The number of aromatic hydroxyl groups is 1. The summed E-state index contributed by atoms with van der Waals surface area (Å²) in [5.74, 6) is -0.678. The first kappa shape index (κ1) is 22.0. The number of ketones is 2. The fourth-order valence-corrected chi connectivity index (χ4v) is 4.71. The van der Waals surface area contributed by atoms with Gasteiger partial charge in [0, 0.05) is 46.9 Å². The number of Topliss-reactive ketones (excluding diaryl/α,β-unsaturated/α-hetero) is 2. The second-order valence-corrected chi connectivity index (χ2v) is 8.79. The van der Waals surface area contributed by atoms with Crippen molar-refractivity contribution in [1.29, 1.82) is 0 Å². The smallest absolute Gasteiger partial charge is 0.176 e. The average Bonchev–Trinajstić information content (AvgIpc) is 3.08. The summed E-state index contributed by atoms with van der Waals surface area (Å²) >= 11 is 6.48. The first-order chi connectivity index (χ1) is 16.2. The molecule has 0 radical (unpaired) electrons. The predicted molar refractivity (Wildman–Crippen MR) is 131 cm³/mol. The largest absolute Gasteiger partial charge is 0.508 e. The van der Waals surface area contributed by atoms with Crippen molar-refractivity contribution in [3.8, 4) is 5.75 Å². The number of rotatable bonds is 4. The first-order valence-corrected chi connectivity index (χ1v) is 11.1. The van der Waals surface area contributed by atoms with Gasteiger partial charge in [-0.15, -0.1) is 0 Å². The van der Waals surface area contributed by atoms with Gasteiger partial charge in [-0.1, -0.05) is 29.8 Å². The molecule has 0 fully saturated rings. The Hall–Kier alpha value is -3.77. The third-order valence-electron chi connectivity index (χ3n) is 6.11. The molecule has 1 N–H and O–H groups in total. The highest BCUT2D eigenvalue weighted by atomic mass is 35.5. The van der Waals surface area contributed by atoms with E-state index in [1.807, 2.05) is 6.07 Å². The van der Waals surface area contributed by atoms with E-state index in [-0.39, 0.29) is 35.4 Å². The highest BCUT2D eigenvalue weighted by molar-refractivity contribution is 6.30. The van der Waals surface area contributed by atoms with Crippen LogP contribution in [0.4, 0.5) is 4.39 Å². The van der Waals surface area contributed by atoms with Crippen molar-refractivity contribution in [3.63, 3.8) is 0 Å². The standard InChI is InChI=1S/C27H20ClFN2O3/c1-14-9-20-23(12-21(14)29)31(26(15(2)32)25(20)19-5-3-4-6-24(19)34)13-17-10-16-7-8-18(33)11-22(16)30-27(17)28/h3-5,7-12,33H,6,13H2,1-2H3. The molecule has 34 heavy (non-hydrogen) atoms. The third-order valence-corrected chi connectivity index (χ3v) is 6.43. The highest BCUT2D eigenvalue weighted by Gasteiger charge is 2.27. The molecule has 0 saturated heterocycles. The second-order valence-electron chi connectivity index (χ2n) is 8.44. The molecule has 0 bridgehead atoms. The summed E-state index contributed by atoms with van der Waals surface area (Å²) in [5.41, 5.74) is 3.33. The van der Waals surface area contributed by atoms with Crippen molar-refractivity contribution < 1.29 is 19.1 Å². The Labute approximate surface area is 199 Å². The number of allylic oxidation sites excluding steroid dienone is 4. The Morgan fingerprint density at radius 2 is 2.03 bits per heavy atom. The van der Waals surface area contributed by atoms with Gasteiger partial charge in [0.15, 0.2) is 11.6 Å². The number of carbonyl (C=O) groups excluding carboxylic acids is 2. The van der Waals surface area contributed by atoms with E-state index in [2.05, 4.69) is 4.98 Å². The van der Waals surface area contributed by atoms with Gasteiger partial charge in [-0.2, -0.15) is 0 Å². The van der Waals surface area contributed by atoms with E-state index < -0.39 is 5.82 Å². The van der Waals surface area contributed by atoms with Crippen LogP contribution in [-0.4, -0.2) is 26.2 Å². The maximum atomic E-state index is 14.7. The fourth-order valence-electron chi connectivity index (χ4n) is 4.50. The normalized spacial score (nSPS) is 13.6. The minimum Gasteiger partial charge on any atom is -0.508 e. The van der Waals surface area contributed by atoms with Crippen LogP contribution in [0.5, 0.6) is 5.75 Å². The number of nitrogens with zero attached hydrogens (tertiary/aromatic N) is 2. The number of halogens is 2. The number of aryl methyl sites for hydroxylation is 1. The Morgan fingerprint density at radius 1 is 1.24 bits per heavy atom. The second kappa shape index (κ2) is 8.22. The van der Waals surface area contributed by atoms with E-state index in [0.717, 1.165) is 5.39 Å². The molecule has 0 spiro atoms. The molecule has 170 valence electrons. The first-order valence-electron chi connectivity index (χ1n) is 10.8. The number of fused-ring (bicyclic) bond motifs is 2. The number of carbonyl (C=O) groups is 2.